The highest BCUT2D eigenvalue weighted by Crippen LogP contribution is 2.23. The number of ketones is 1. The average Bonchev–Trinajstić information content (AvgIpc) is 3.11. The van der Waals surface area contributed by atoms with Gasteiger partial charge in [0.05, 0.1) is 11.4 Å². The van der Waals surface area contributed by atoms with Gasteiger partial charge in [0.2, 0.25) is 0 Å². The van der Waals surface area contributed by atoms with E-state index in [9.17, 15) is 9.59 Å². The number of aromatic amines is 1. The summed E-state index contributed by atoms with van der Waals surface area (Å²) in [6.07, 6.45) is 0. The van der Waals surface area contributed by atoms with Gasteiger partial charge in [-0.3, -0.25) is 9.59 Å². The van der Waals surface area contributed by atoms with Crippen molar-refractivity contribution in [3.63, 3.8) is 0 Å². The lowest BCUT2D eigenvalue weighted by Crippen LogP contribution is -2.27. The van der Waals surface area contributed by atoms with Crippen LogP contribution < -0.4 is 0 Å². The molecule has 0 radical (unpaired) electrons. The first kappa shape index (κ1) is 20.6. The predicted molar refractivity (Wildman–Crippen MR) is 114 cm³/mol. The molecular weight excluding hydrogens is 364 g/mol. The van der Waals surface area contributed by atoms with Crippen molar-refractivity contribution in [3.8, 4) is 5.69 Å². The van der Waals surface area contributed by atoms with Gasteiger partial charge in [-0.05, 0) is 58.7 Å². The minimum Gasteiger partial charge on any atom is -0.354 e. The molecule has 0 fully saturated rings. The Kier molecular flexibility index (Phi) is 5.46. The molecule has 29 heavy (non-hydrogen) atoms. The third kappa shape index (κ3) is 3.62. The maximum Gasteiger partial charge on any atom is 0.270 e. The highest BCUT2D eigenvalue weighted by Gasteiger charge is 2.24. The van der Waals surface area contributed by atoms with Gasteiger partial charge in [0.15, 0.2) is 5.78 Å². The number of carbonyl (C=O) groups excluding carboxylic acids is 2. The molecule has 0 atom stereocenters. The summed E-state index contributed by atoms with van der Waals surface area (Å²) in [5.74, 6) is -0.176. The number of para-hydroxylation sites is 1. The zero-order valence-corrected chi connectivity index (χ0v) is 18.2. The average molecular weight is 393 g/mol. The molecule has 2 aromatic heterocycles. The maximum absolute atomic E-state index is 13.1. The summed E-state index contributed by atoms with van der Waals surface area (Å²) in [5, 5.41) is 4.71. The summed E-state index contributed by atoms with van der Waals surface area (Å²) < 4.78 is 1.94. The molecule has 1 aromatic carbocycles. The molecule has 0 unspecified atom stereocenters. The number of hydrogen-bond acceptors (Lipinski definition) is 3. The minimum absolute atomic E-state index is 0.0378. The summed E-state index contributed by atoms with van der Waals surface area (Å²) in [5.41, 5.74) is 7.62. The second kappa shape index (κ2) is 7.70. The second-order valence-electron chi connectivity index (χ2n) is 7.69. The monoisotopic (exact) mass is 392 g/mol. The van der Waals surface area contributed by atoms with E-state index in [0.717, 1.165) is 33.9 Å². The van der Waals surface area contributed by atoms with Crippen LogP contribution in [0.4, 0.5) is 0 Å². The van der Waals surface area contributed by atoms with Crippen LogP contribution in [0, 0.1) is 34.6 Å². The van der Waals surface area contributed by atoms with E-state index in [4.69, 9.17) is 5.10 Å². The first-order chi connectivity index (χ1) is 13.6. The molecule has 152 valence electrons. The van der Waals surface area contributed by atoms with E-state index in [1.165, 1.54) is 6.92 Å². The van der Waals surface area contributed by atoms with Gasteiger partial charge in [0, 0.05) is 36.1 Å². The van der Waals surface area contributed by atoms with Gasteiger partial charge in [-0.25, -0.2) is 4.68 Å². The van der Waals surface area contributed by atoms with Gasteiger partial charge in [0.25, 0.3) is 5.91 Å². The fraction of sp³-hybridized carbons (Fsp3) is 0.348. The lowest BCUT2D eigenvalue weighted by molar-refractivity contribution is 0.0778. The first-order valence-electron chi connectivity index (χ1n) is 9.70. The van der Waals surface area contributed by atoms with E-state index in [-0.39, 0.29) is 11.7 Å². The lowest BCUT2D eigenvalue weighted by Gasteiger charge is -2.17. The van der Waals surface area contributed by atoms with Gasteiger partial charge in [0.1, 0.15) is 5.69 Å². The van der Waals surface area contributed by atoms with Crippen molar-refractivity contribution in [1.29, 1.82) is 0 Å². The molecule has 0 aliphatic rings. The standard InChI is InChI=1S/C23H28N4O2/c1-13-10-8-9-11-20(13)27-17(5)19(15(3)25-27)12-26(7)23(29)22-14(2)21(18(6)28)16(4)24-22/h8-11,24H,12H2,1-7H3. The van der Waals surface area contributed by atoms with Crippen LogP contribution in [0.1, 0.15) is 61.5 Å². The molecule has 3 rings (SSSR count). The normalized spacial score (nSPS) is 11.0. The van der Waals surface area contributed by atoms with Crippen LogP contribution in [0.5, 0.6) is 0 Å². The fourth-order valence-corrected chi connectivity index (χ4v) is 3.93. The summed E-state index contributed by atoms with van der Waals surface area (Å²) in [6, 6.07) is 8.11. The molecule has 0 spiro atoms. The SMILES string of the molecule is CC(=O)c1c(C)[nH]c(C(=O)N(C)Cc2c(C)nn(-c3ccccc3C)c2C)c1C. The van der Waals surface area contributed by atoms with E-state index < -0.39 is 0 Å². The van der Waals surface area contributed by atoms with Crippen molar-refractivity contribution in [2.45, 2.75) is 48.1 Å². The Morgan fingerprint density at radius 1 is 1.10 bits per heavy atom. The topological polar surface area (TPSA) is 71.0 Å². The number of hydrogen-bond donors (Lipinski definition) is 1. The number of amides is 1. The smallest absolute Gasteiger partial charge is 0.270 e. The van der Waals surface area contributed by atoms with Gasteiger partial charge >= 0.3 is 0 Å². The van der Waals surface area contributed by atoms with E-state index in [2.05, 4.69) is 18.0 Å². The lowest BCUT2D eigenvalue weighted by atomic mass is 10.1. The Morgan fingerprint density at radius 2 is 1.76 bits per heavy atom. The molecule has 0 aliphatic carbocycles. The van der Waals surface area contributed by atoms with Crippen molar-refractivity contribution < 1.29 is 9.59 Å². The molecule has 6 nitrogen and oxygen atoms in total. The summed E-state index contributed by atoms with van der Waals surface area (Å²) in [4.78, 5) is 29.7. The summed E-state index contributed by atoms with van der Waals surface area (Å²) in [6.45, 7) is 11.6. The second-order valence-corrected chi connectivity index (χ2v) is 7.69. The van der Waals surface area contributed by atoms with Crippen LogP contribution in [0.25, 0.3) is 5.69 Å². The number of aromatic nitrogens is 3. The minimum atomic E-state index is -0.138. The van der Waals surface area contributed by atoms with E-state index >= 15 is 0 Å². The molecular formula is C23H28N4O2. The summed E-state index contributed by atoms with van der Waals surface area (Å²) in [7, 11) is 1.77. The molecule has 6 heteroatoms. The van der Waals surface area contributed by atoms with Crippen molar-refractivity contribution in [2.75, 3.05) is 7.05 Å². The zero-order chi connectivity index (χ0) is 21.5. The Morgan fingerprint density at radius 3 is 2.34 bits per heavy atom. The molecule has 2 heterocycles. The Bertz CT molecular complexity index is 1100. The van der Waals surface area contributed by atoms with Gasteiger partial charge in [-0.2, -0.15) is 5.10 Å². The van der Waals surface area contributed by atoms with Gasteiger partial charge in [-0.15, -0.1) is 0 Å². The molecule has 3 aromatic rings. The molecule has 0 saturated heterocycles. The summed E-state index contributed by atoms with van der Waals surface area (Å²) >= 11 is 0. The molecule has 1 amide bonds. The molecule has 0 aliphatic heterocycles. The number of H-pyrrole nitrogens is 1. The maximum atomic E-state index is 13.1. The van der Waals surface area contributed by atoms with Crippen molar-refractivity contribution in [3.05, 3.63) is 69.3 Å². The third-order valence-corrected chi connectivity index (χ3v) is 5.53. The number of benzene rings is 1. The number of nitrogens with one attached hydrogen (secondary N) is 1. The Balaban J connectivity index is 1.91. The number of nitrogens with zero attached hydrogens (tertiary/aromatic N) is 3. The van der Waals surface area contributed by atoms with Crippen LogP contribution >= 0.6 is 0 Å². The van der Waals surface area contributed by atoms with Crippen LogP contribution in [-0.4, -0.2) is 38.4 Å². The number of carbonyl (C=O) groups is 2. The fourth-order valence-electron chi connectivity index (χ4n) is 3.93. The zero-order valence-electron chi connectivity index (χ0n) is 18.2. The Hall–Kier alpha value is -3.15. The number of Topliss-reactive ketones (excluding diaryl/α,β-unsaturated/α-hetero) is 1. The Labute approximate surface area is 171 Å². The van der Waals surface area contributed by atoms with Crippen molar-refractivity contribution in [2.24, 2.45) is 0 Å². The first-order valence-corrected chi connectivity index (χ1v) is 9.70. The van der Waals surface area contributed by atoms with E-state index in [1.807, 2.05) is 50.6 Å². The molecule has 1 N–H and O–H groups in total. The number of aryl methyl sites for hydroxylation is 3. The predicted octanol–water partition coefficient (Wildman–Crippen LogP) is 4.22. The van der Waals surface area contributed by atoms with Gasteiger partial charge in [-0.1, -0.05) is 18.2 Å². The highest BCUT2D eigenvalue weighted by atomic mass is 16.2. The van der Waals surface area contributed by atoms with Gasteiger partial charge < -0.3 is 9.88 Å². The van der Waals surface area contributed by atoms with Crippen molar-refractivity contribution in [1.82, 2.24) is 19.7 Å². The number of rotatable bonds is 5. The highest BCUT2D eigenvalue weighted by molar-refractivity contribution is 6.02. The van der Waals surface area contributed by atoms with E-state index in [1.54, 1.807) is 11.9 Å². The largest absolute Gasteiger partial charge is 0.354 e. The van der Waals surface area contributed by atoms with Crippen LogP contribution in [0.15, 0.2) is 24.3 Å². The van der Waals surface area contributed by atoms with Crippen molar-refractivity contribution >= 4 is 11.7 Å². The van der Waals surface area contributed by atoms with E-state index in [0.29, 0.717) is 23.4 Å². The van der Waals surface area contributed by atoms with Crippen LogP contribution in [0.3, 0.4) is 0 Å². The molecule has 0 saturated carbocycles. The molecule has 0 bridgehead atoms. The van der Waals surface area contributed by atoms with Crippen LogP contribution in [0.2, 0.25) is 0 Å². The third-order valence-electron chi connectivity index (χ3n) is 5.53. The quantitative estimate of drug-likeness (QED) is 0.661. The van der Waals surface area contributed by atoms with Crippen LogP contribution in [-0.2, 0) is 6.54 Å².